The standard InChI is InChI=1S/C9H21ClN3O2P/c1-7(2)11-16(15,12-8(3)4)13-9(14)5-6-10/h7-8H,5-6H2,1-4H3,(H3,11,12,13,14,15). The summed E-state index contributed by atoms with van der Waals surface area (Å²) in [5.74, 6) is -0.102. The first-order chi connectivity index (χ1) is 7.29. The predicted molar refractivity (Wildman–Crippen MR) is 67.6 cm³/mol. The number of hydrogen-bond acceptors (Lipinski definition) is 2. The Morgan fingerprint density at radius 2 is 1.62 bits per heavy atom. The number of hydrogen-bond donors (Lipinski definition) is 3. The Morgan fingerprint density at radius 1 is 1.19 bits per heavy atom. The van der Waals surface area contributed by atoms with E-state index >= 15 is 0 Å². The molecule has 0 bridgehead atoms. The highest BCUT2D eigenvalue weighted by Crippen LogP contribution is 2.32. The van der Waals surface area contributed by atoms with E-state index in [1.807, 2.05) is 27.7 Å². The maximum absolute atomic E-state index is 12.3. The smallest absolute Gasteiger partial charge is 0.283 e. The Balaban J connectivity index is 4.53. The summed E-state index contributed by atoms with van der Waals surface area (Å²) in [7, 11) is -3.08. The minimum atomic E-state index is -3.08. The van der Waals surface area contributed by atoms with Crippen molar-refractivity contribution in [1.82, 2.24) is 15.3 Å². The highest BCUT2D eigenvalue weighted by molar-refractivity contribution is 7.58. The molecule has 0 saturated carbocycles. The van der Waals surface area contributed by atoms with Gasteiger partial charge in [-0.1, -0.05) is 0 Å². The molecule has 0 aliphatic carbocycles. The van der Waals surface area contributed by atoms with E-state index in [1.165, 1.54) is 0 Å². The summed E-state index contributed by atoms with van der Waals surface area (Å²) in [6.07, 6.45) is 0.158. The zero-order chi connectivity index (χ0) is 12.8. The first-order valence-electron chi connectivity index (χ1n) is 5.32. The second kappa shape index (κ2) is 7.28. The van der Waals surface area contributed by atoms with Crippen molar-refractivity contribution in [2.45, 2.75) is 46.2 Å². The Morgan fingerprint density at radius 3 is 1.94 bits per heavy atom. The molecule has 0 aliphatic heterocycles. The first kappa shape index (κ1) is 15.9. The molecule has 0 aliphatic rings. The number of alkyl halides is 1. The van der Waals surface area contributed by atoms with Crippen molar-refractivity contribution in [3.63, 3.8) is 0 Å². The highest BCUT2D eigenvalue weighted by atomic mass is 35.5. The summed E-state index contributed by atoms with van der Waals surface area (Å²) in [6.45, 7) is 7.45. The van der Waals surface area contributed by atoms with Gasteiger partial charge < -0.3 is 0 Å². The maximum Gasteiger partial charge on any atom is 0.305 e. The molecule has 0 radical (unpaired) electrons. The second-order valence-corrected chi connectivity index (χ2v) is 6.49. The fraction of sp³-hybridized carbons (Fsp3) is 0.889. The molecule has 0 fully saturated rings. The molecule has 5 nitrogen and oxygen atoms in total. The number of rotatable bonds is 7. The van der Waals surface area contributed by atoms with E-state index < -0.39 is 7.59 Å². The Labute approximate surface area is 102 Å². The third kappa shape index (κ3) is 7.23. The minimum Gasteiger partial charge on any atom is -0.283 e. The molecule has 1 amide bonds. The van der Waals surface area contributed by atoms with Crippen LogP contribution in [0.3, 0.4) is 0 Å². The second-order valence-electron chi connectivity index (χ2n) is 4.15. The molecule has 7 heteroatoms. The van der Waals surface area contributed by atoms with Crippen molar-refractivity contribution in [3.8, 4) is 0 Å². The van der Waals surface area contributed by atoms with Crippen molar-refractivity contribution in [2.24, 2.45) is 0 Å². The van der Waals surface area contributed by atoms with Crippen LogP contribution in [0.4, 0.5) is 0 Å². The molecule has 0 spiro atoms. The lowest BCUT2D eigenvalue weighted by molar-refractivity contribution is -0.119. The van der Waals surface area contributed by atoms with Gasteiger partial charge in [-0.15, -0.1) is 11.6 Å². The van der Waals surface area contributed by atoms with Gasteiger partial charge in [0.1, 0.15) is 0 Å². The van der Waals surface area contributed by atoms with Gasteiger partial charge in [-0.25, -0.2) is 10.2 Å². The van der Waals surface area contributed by atoms with Gasteiger partial charge in [-0.3, -0.25) is 14.4 Å². The van der Waals surface area contributed by atoms with Gasteiger partial charge in [0.25, 0.3) is 0 Å². The van der Waals surface area contributed by atoms with E-state index in [9.17, 15) is 9.36 Å². The van der Waals surface area contributed by atoms with Crippen LogP contribution in [0.15, 0.2) is 0 Å². The molecule has 16 heavy (non-hydrogen) atoms. The molecule has 96 valence electrons. The number of carbonyl (C=O) groups is 1. The van der Waals surface area contributed by atoms with E-state index in [2.05, 4.69) is 15.3 Å². The number of nitrogens with one attached hydrogen (secondary N) is 3. The maximum atomic E-state index is 12.3. The van der Waals surface area contributed by atoms with Crippen LogP contribution in [0.5, 0.6) is 0 Å². The van der Waals surface area contributed by atoms with Gasteiger partial charge in [0.2, 0.25) is 5.91 Å². The SMILES string of the molecule is CC(C)NP(=O)(NC(=O)CCCl)NC(C)C. The average molecular weight is 270 g/mol. The van der Waals surface area contributed by atoms with Crippen LogP contribution < -0.4 is 15.3 Å². The van der Waals surface area contributed by atoms with E-state index in [4.69, 9.17) is 11.6 Å². The third-order valence-corrected chi connectivity index (χ3v) is 4.00. The van der Waals surface area contributed by atoms with Gasteiger partial charge in [0.15, 0.2) is 0 Å². The minimum absolute atomic E-state index is 0.00776. The molecule has 0 saturated heterocycles. The van der Waals surface area contributed by atoms with Crippen LogP contribution in [-0.4, -0.2) is 23.9 Å². The van der Waals surface area contributed by atoms with Crippen LogP contribution in [0.25, 0.3) is 0 Å². The Bertz CT molecular complexity index is 257. The van der Waals surface area contributed by atoms with E-state index in [1.54, 1.807) is 0 Å². The van der Waals surface area contributed by atoms with E-state index in [0.717, 1.165) is 0 Å². The summed E-state index contributed by atoms with van der Waals surface area (Å²) in [5, 5.41) is 8.16. The molecule has 0 aromatic carbocycles. The van der Waals surface area contributed by atoms with E-state index in [0.29, 0.717) is 0 Å². The Hall–Kier alpha value is -0.0900. The van der Waals surface area contributed by atoms with Gasteiger partial charge in [-0.2, -0.15) is 0 Å². The van der Waals surface area contributed by atoms with Crippen molar-refractivity contribution in [2.75, 3.05) is 5.88 Å². The molecule has 0 atom stereocenters. The van der Waals surface area contributed by atoms with Crippen LogP contribution in [0.1, 0.15) is 34.1 Å². The lowest BCUT2D eigenvalue weighted by Gasteiger charge is -2.25. The largest absolute Gasteiger partial charge is 0.305 e. The molecule has 0 aromatic heterocycles. The number of amides is 1. The van der Waals surface area contributed by atoms with Crippen molar-refractivity contribution >= 4 is 25.1 Å². The molecular weight excluding hydrogens is 249 g/mol. The van der Waals surface area contributed by atoms with Gasteiger partial charge in [0.05, 0.1) is 0 Å². The number of halogens is 1. The van der Waals surface area contributed by atoms with Crippen LogP contribution >= 0.6 is 19.2 Å². The lowest BCUT2D eigenvalue weighted by atomic mass is 10.4. The molecular formula is C9H21ClN3O2P. The first-order valence-corrected chi connectivity index (χ1v) is 7.56. The summed E-state index contributed by atoms with van der Waals surface area (Å²) >= 11 is 5.45. The average Bonchev–Trinajstić information content (AvgIpc) is 1.98. The van der Waals surface area contributed by atoms with E-state index in [-0.39, 0.29) is 30.3 Å². The topological polar surface area (TPSA) is 70.2 Å². The molecule has 0 rings (SSSR count). The normalized spacial score (nSPS) is 12.2. The predicted octanol–water partition coefficient (Wildman–Crippen LogP) is 1.84. The van der Waals surface area contributed by atoms with Crippen LogP contribution in [0.2, 0.25) is 0 Å². The Kier molecular flexibility index (Phi) is 7.24. The molecule has 3 N–H and O–H groups in total. The summed E-state index contributed by atoms with van der Waals surface area (Å²) < 4.78 is 12.3. The third-order valence-electron chi connectivity index (χ3n) is 1.48. The zero-order valence-electron chi connectivity index (χ0n) is 10.2. The lowest BCUT2D eigenvalue weighted by Crippen LogP contribution is -2.40. The number of carbonyl (C=O) groups excluding carboxylic acids is 1. The summed E-state index contributed by atoms with van der Waals surface area (Å²) in [5.41, 5.74) is 0. The summed E-state index contributed by atoms with van der Waals surface area (Å²) in [6, 6.07) is 0.0155. The van der Waals surface area contributed by atoms with Gasteiger partial charge >= 0.3 is 7.59 Å². The molecule has 0 heterocycles. The van der Waals surface area contributed by atoms with Crippen LogP contribution in [0, 0.1) is 0 Å². The van der Waals surface area contributed by atoms with Crippen molar-refractivity contribution in [1.29, 1.82) is 0 Å². The molecule has 0 unspecified atom stereocenters. The van der Waals surface area contributed by atoms with Crippen molar-refractivity contribution in [3.05, 3.63) is 0 Å². The van der Waals surface area contributed by atoms with Crippen LogP contribution in [-0.2, 0) is 9.36 Å². The zero-order valence-corrected chi connectivity index (χ0v) is 11.9. The fourth-order valence-electron chi connectivity index (χ4n) is 1.15. The quantitative estimate of drug-likeness (QED) is 0.487. The summed E-state index contributed by atoms with van der Waals surface area (Å²) in [4.78, 5) is 11.4. The van der Waals surface area contributed by atoms with Gasteiger partial charge in [0, 0.05) is 24.4 Å². The molecule has 0 aromatic rings. The van der Waals surface area contributed by atoms with Crippen molar-refractivity contribution < 1.29 is 9.36 Å². The highest BCUT2D eigenvalue weighted by Gasteiger charge is 2.25. The monoisotopic (exact) mass is 269 g/mol. The fourth-order valence-corrected chi connectivity index (χ4v) is 3.44. The van der Waals surface area contributed by atoms with Gasteiger partial charge in [-0.05, 0) is 27.7 Å².